The first-order chi connectivity index (χ1) is 8.20. The maximum Gasteiger partial charge on any atom is 0.128 e. The Kier molecular flexibility index (Phi) is 3.32. The average molecular weight is 230 g/mol. The zero-order valence-electron chi connectivity index (χ0n) is 10.2. The second kappa shape index (κ2) is 4.91. The Hall–Kier alpha value is -1.97. The fourth-order valence-electron chi connectivity index (χ4n) is 1.80. The van der Waals surface area contributed by atoms with E-state index in [0.717, 1.165) is 29.2 Å². The van der Waals surface area contributed by atoms with Crippen molar-refractivity contribution in [2.45, 2.75) is 26.3 Å². The molecule has 90 valence electrons. The fourth-order valence-corrected chi connectivity index (χ4v) is 1.80. The first kappa shape index (κ1) is 11.5. The standard InChI is InChI=1S/C13H18N4/c1-3-12(13-15-6-7-16-13)17-10-4-5-11(14)9(2)8-10/h4-8,12,17H,3,14H2,1-2H3,(H,15,16). The van der Waals surface area contributed by atoms with Crippen LogP contribution in [0.15, 0.2) is 30.6 Å². The minimum absolute atomic E-state index is 0.202. The molecule has 1 aromatic heterocycles. The summed E-state index contributed by atoms with van der Waals surface area (Å²) in [6, 6.07) is 6.18. The van der Waals surface area contributed by atoms with E-state index in [1.165, 1.54) is 0 Å². The number of nitrogens with two attached hydrogens (primary N) is 1. The summed E-state index contributed by atoms with van der Waals surface area (Å²) in [6.07, 6.45) is 4.58. The van der Waals surface area contributed by atoms with Crippen LogP contribution in [-0.2, 0) is 0 Å². The quantitative estimate of drug-likeness (QED) is 0.707. The van der Waals surface area contributed by atoms with Crippen molar-refractivity contribution in [3.05, 3.63) is 42.0 Å². The van der Waals surface area contributed by atoms with Crippen molar-refractivity contribution < 1.29 is 0 Å². The lowest BCUT2D eigenvalue weighted by molar-refractivity contribution is 0.704. The fraction of sp³-hybridized carbons (Fsp3) is 0.308. The summed E-state index contributed by atoms with van der Waals surface area (Å²) >= 11 is 0. The Morgan fingerprint density at radius 3 is 2.88 bits per heavy atom. The summed E-state index contributed by atoms with van der Waals surface area (Å²) in [7, 11) is 0. The van der Waals surface area contributed by atoms with E-state index in [1.807, 2.05) is 25.3 Å². The predicted molar refractivity (Wildman–Crippen MR) is 70.8 cm³/mol. The molecule has 0 aliphatic rings. The number of H-pyrrole nitrogens is 1. The molecule has 0 fully saturated rings. The molecule has 0 aliphatic heterocycles. The zero-order chi connectivity index (χ0) is 12.3. The van der Waals surface area contributed by atoms with Crippen LogP contribution < -0.4 is 11.1 Å². The van der Waals surface area contributed by atoms with E-state index in [1.54, 1.807) is 6.20 Å². The number of anilines is 2. The van der Waals surface area contributed by atoms with Gasteiger partial charge >= 0.3 is 0 Å². The number of hydrogen-bond donors (Lipinski definition) is 3. The topological polar surface area (TPSA) is 66.7 Å². The highest BCUT2D eigenvalue weighted by atomic mass is 15.0. The van der Waals surface area contributed by atoms with Gasteiger partial charge in [0, 0.05) is 23.8 Å². The van der Waals surface area contributed by atoms with Crippen LogP contribution in [0.5, 0.6) is 0 Å². The number of nitrogens with one attached hydrogen (secondary N) is 2. The summed E-state index contributed by atoms with van der Waals surface area (Å²) in [6.45, 7) is 4.14. The molecule has 0 radical (unpaired) electrons. The van der Waals surface area contributed by atoms with Gasteiger partial charge in [-0.25, -0.2) is 4.98 Å². The number of hydrogen-bond acceptors (Lipinski definition) is 3. The van der Waals surface area contributed by atoms with Crippen LogP contribution in [0.1, 0.15) is 30.8 Å². The van der Waals surface area contributed by atoms with Gasteiger partial charge in [-0.05, 0) is 37.1 Å². The summed E-state index contributed by atoms with van der Waals surface area (Å²) in [4.78, 5) is 7.42. The molecule has 1 atom stereocenters. The molecule has 4 N–H and O–H groups in total. The second-order valence-corrected chi connectivity index (χ2v) is 4.15. The normalized spacial score (nSPS) is 12.4. The van der Waals surface area contributed by atoms with Gasteiger partial charge in [-0.15, -0.1) is 0 Å². The second-order valence-electron chi connectivity index (χ2n) is 4.15. The Balaban J connectivity index is 2.16. The van der Waals surface area contributed by atoms with Crippen LogP contribution in [0, 0.1) is 6.92 Å². The molecule has 0 saturated carbocycles. The maximum atomic E-state index is 5.80. The van der Waals surface area contributed by atoms with Crippen molar-refractivity contribution in [1.82, 2.24) is 9.97 Å². The third-order valence-electron chi connectivity index (χ3n) is 2.87. The number of benzene rings is 1. The smallest absolute Gasteiger partial charge is 0.128 e. The minimum atomic E-state index is 0.202. The van der Waals surface area contributed by atoms with Crippen LogP contribution in [0.25, 0.3) is 0 Å². The molecule has 1 heterocycles. The van der Waals surface area contributed by atoms with Gasteiger partial charge in [-0.3, -0.25) is 0 Å². The monoisotopic (exact) mass is 230 g/mol. The average Bonchev–Trinajstić information content (AvgIpc) is 2.84. The van der Waals surface area contributed by atoms with Gasteiger partial charge in [0.05, 0.1) is 6.04 Å². The Bertz CT molecular complexity index is 476. The summed E-state index contributed by atoms with van der Waals surface area (Å²) < 4.78 is 0. The van der Waals surface area contributed by atoms with Gasteiger partial charge in [0.25, 0.3) is 0 Å². The van der Waals surface area contributed by atoms with Gasteiger partial charge in [0.2, 0.25) is 0 Å². The van der Waals surface area contributed by atoms with Crippen LogP contribution in [0.2, 0.25) is 0 Å². The Morgan fingerprint density at radius 1 is 1.47 bits per heavy atom. The minimum Gasteiger partial charge on any atom is -0.399 e. The van der Waals surface area contributed by atoms with Crippen LogP contribution in [0.4, 0.5) is 11.4 Å². The van der Waals surface area contributed by atoms with E-state index >= 15 is 0 Å². The van der Waals surface area contributed by atoms with E-state index < -0.39 is 0 Å². The molecule has 17 heavy (non-hydrogen) atoms. The SMILES string of the molecule is CCC(Nc1ccc(N)c(C)c1)c1ncc[nH]1. The largest absolute Gasteiger partial charge is 0.399 e. The third kappa shape index (κ3) is 2.58. The van der Waals surface area contributed by atoms with Gasteiger partial charge in [0.1, 0.15) is 5.82 Å². The number of rotatable bonds is 4. The van der Waals surface area contributed by atoms with Crippen molar-refractivity contribution in [2.24, 2.45) is 0 Å². The first-order valence-corrected chi connectivity index (χ1v) is 5.82. The molecule has 1 unspecified atom stereocenters. The lowest BCUT2D eigenvalue weighted by Crippen LogP contribution is -2.11. The van der Waals surface area contributed by atoms with E-state index in [9.17, 15) is 0 Å². The summed E-state index contributed by atoms with van der Waals surface area (Å²) in [5.74, 6) is 0.960. The van der Waals surface area contributed by atoms with Gasteiger partial charge < -0.3 is 16.0 Å². The molecule has 4 nitrogen and oxygen atoms in total. The number of aromatic nitrogens is 2. The highest BCUT2D eigenvalue weighted by Crippen LogP contribution is 2.22. The maximum absolute atomic E-state index is 5.80. The highest BCUT2D eigenvalue weighted by Gasteiger charge is 2.11. The van der Waals surface area contributed by atoms with Crippen molar-refractivity contribution in [2.75, 3.05) is 11.1 Å². The molecule has 0 spiro atoms. The predicted octanol–water partition coefficient (Wildman–Crippen LogP) is 2.86. The lowest BCUT2D eigenvalue weighted by atomic mass is 10.1. The van der Waals surface area contributed by atoms with Crippen molar-refractivity contribution in [1.29, 1.82) is 0 Å². The van der Waals surface area contributed by atoms with Crippen LogP contribution >= 0.6 is 0 Å². The van der Waals surface area contributed by atoms with E-state index in [4.69, 9.17) is 5.73 Å². The van der Waals surface area contributed by atoms with Crippen molar-refractivity contribution >= 4 is 11.4 Å². The van der Waals surface area contributed by atoms with Crippen LogP contribution in [0.3, 0.4) is 0 Å². The molecule has 0 bridgehead atoms. The lowest BCUT2D eigenvalue weighted by Gasteiger charge is -2.16. The molecule has 2 aromatic rings. The van der Waals surface area contributed by atoms with E-state index in [0.29, 0.717) is 0 Å². The third-order valence-corrected chi connectivity index (χ3v) is 2.87. The van der Waals surface area contributed by atoms with Gasteiger partial charge in [0.15, 0.2) is 0 Å². The molecule has 0 aliphatic carbocycles. The molecule has 0 amide bonds. The van der Waals surface area contributed by atoms with Crippen molar-refractivity contribution in [3.8, 4) is 0 Å². The Morgan fingerprint density at radius 2 is 2.29 bits per heavy atom. The van der Waals surface area contributed by atoms with Gasteiger partial charge in [-0.2, -0.15) is 0 Å². The molecule has 4 heteroatoms. The number of imidazole rings is 1. The molecular weight excluding hydrogens is 212 g/mol. The van der Waals surface area contributed by atoms with E-state index in [-0.39, 0.29) is 6.04 Å². The van der Waals surface area contributed by atoms with Crippen molar-refractivity contribution in [3.63, 3.8) is 0 Å². The number of nitrogen functional groups attached to an aromatic ring is 1. The molecular formula is C13H18N4. The Labute approximate surface area is 101 Å². The molecule has 2 rings (SSSR count). The number of aromatic amines is 1. The first-order valence-electron chi connectivity index (χ1n) is 5.82. The highest BCUT2D eigenvalue weighted by molar-refractivity contribution is 5.57. The number of aryl methyl sites for hydroxylation is 1. The van der Waals surface area contributed by atoms with Gasteiger partial charge in [-0.1, -0.05) is 6.92 Å². The van der Waals surface area contributed by atoms with Crippen LogP contribution in [-0.4, -0.2) is 9.97 Å². The molecule has 1 aromatic carbocycles. The number of nitrogens with zero attached hydrogens (tertiary/aromatic N) is 1. The molecule has 0 saturated heterocycles. The zero-order valence-corrected chi connectivity index (χ0v) is 10.2. The summed E-state index contributed by atoms with van der Waals surface area (Å²) in [5.41, 5.74) is 8.78. The van der Waals surface area contributed by atoms with E-state index in [2.05, 4.69) is 28.3 Å². The summed E-state index contributed by atoms with van der Waals surface area (Å²) in [5, 5.41) is 3.45.